The van der Waals surface area contributed by atoms with E-state index in [2.05, 4.69) is 39.6 Å². The summed E-state index contributed by atoms with van der Waals surface area (Å²) in [6.45, 7) is 11.0. The zero-order chi connectivity index (χ0) is 11.7. The molecule has 0 unspecified atom stereocenters. The fourth-order valence-electron chi connectivity index (χ4n) is 2.15. The van der Waals surface area contributed by atoms with Crippen LogP contribution < -0.4 is 0 Å². The van der Waals surface area contributed by atoms with E-state index in [1.165, 1.54) is 0 Å². The molecule has 86 valence electrons. The summed E-state index contributed by atoms with van der Waals surface area (Å²) in [7, 11) is -1.61. The van der Waals surface area contributed by atoms with Gasteiger partial charge in [-0.1, -0.05) is 13.8 Å². The van der Waals surface area contributed by atoms with Crippen LogP contribution in [0.25, 0.3) is 0 Å². The molecule has 0 aliphatic heterocycles. The maximum Gasteiger partial charge on any atom is 0.185 e. The lowest BCUT2D eigenvalue weighted by Crippen LogP contribution is -2.45. The molecule has 0 spiro atoms. The van der Waals surface area contributed by atoms with Gasteiger partial charge in [-0.2, -0.15) is 5.26 Å². The number of nitriles is 1. The number of hydrogen-bond donors (Lipinski definition) is 0. The zero-order valence-electron chi connectivity index (χ0n) is 10.7. The molecular formula is C12H23NOSi. The van der Waals surface area contributed by atoms with Gasteiger partial charge in [0.15, 0.2) is 8.32 Å². The van der Waals surface area contributed by atoms with Crippen LogP contribution in [0.15, 0.2) is 0 Å². The van der Waals surface area contributed by atoms with E-state index < -0.39 is 13.9 Å². The van der Waals surface area contributed by atoms with Crippen molar-refractivity contribution in [3.05, 3.63) is 0 Å². The van der Waals surface area contributed by atoms with E-state index >= 15 is 0 Å². The standard InChI is InChI=1S/C12H23NOSi/c1-11(2)6-8-12(10-13,9-7-11)14-15(3,4)5/h6-9H2,1-5H3. The number of nitrogens with zero attached hydrogens (tertiary/aromatic N) is 1. The van der Waals surface area contributed by atoms with Gasteiger partial charge in [0.1, 0.15) is 5.60 Å². The molecule has 0 amide bonds. The molecule has 0 aromatic heterocycles. The highest BCUT2D eigenvalue weighted by atomic mass is 28.4. The molecule has 1 aliphatic carbocycles. The van der Waals surface area contributed by atoms with Gasteiger partial charge >= 0.3 is 0 Å². The SMILES string of the molecule is CC1(C)CCC(C#N)(O[Si](C)(C)C)CC1. The van der Waals surface area contributed by atoms with Crippen molar-refractivity contribution in [1.82, 2.24) is 0 Å². The molecule has 1 saturated carbocycles. The Bertz CT molecular complexity index is 262. The van der Waals surface area contributed by atoms with Crippen molar-refractivity contribution in [2.45, 2.75) is 64.8 Å². The maximum absolute atomic E-state index is 9.32. The Morgan fingerprint density at radius 2 is 1.53 bits per heavy atom. The van der Waals surface area contributed by atoms with Gasteiger partial charge in [0.2, 0.25) is 0 Å². The van der Waals surface area contributed by atoms with Crippen LogP contribution in [-0.2, 0) is 4.43 Å². The quantitative estimate of drug-likeness (QED) is 0.671. The highest BCUT2D eigenvalue weighted by Crippen LogP contribution is 2.42. The second-order valence-electron chi connectivity index (χ2n) is 6.48. The second-order valence-corrected chi connectivity index (χ2v) is 10.9. The molecule has 2 nitrogen and oxygen atoms in total. The molecule has 0 aromatic rings. The van der Waals surface area contributed by atoms with Gasteiger partial charge in [-0.3, -0.25) is 0 Å². The van der Waals surface area contributed by atoms with Gasteiger partial charge in [-0.05, 0) is 50.7 Å². The van der Waals surface area contributed by atoms with E-state index in [4.69, 9.17) is 4.43 Å². The van der Waals surface area contributed by atoms with Gasteiger partial charge in [0.25, 0.3) is 0 Å². The van der Waals surface area contributed by atoms with Crippen LogP contribution >= 0.6 is 0 Å². The minimum atomic E-state index is -1.61. The van der Waals surface area contributed by atoms with Crippen LogP contribution in [0, 0.1) is 16.7 Å². The molecule has 0 aromatic carbocycles. The Morgan fingerprint density at radius 1 is 1.07 bits per heavy atom. The van der Waals surface area contributed by atoms with Crippen molar-refractivity contribution in [2.24, 2.45) is 5.41 Å². The minimum Gasteiger partial charge on any atom is -0.400 e. The van der Waals surface area contributed by atoms with Crippen LogP contribution in [0.1, 0.15) is 39.5 Å². The van der Waals surface area contributed by atoms with Crippen LogP contribution in [-0.4, -0.2) is 13.9 Å². The van der Waals surface area contributed by atoms with Crippen LogP contribution in [0.5, 0.6) is 0 Å². The Morgan fingerprint density at radius 3 is 1.87 bits per heavy atom. The molecule has 0 bridgehead atoms. The first kappa shape index (κ1) is 12.7. The average Bonchev–Trinajstić information content (AvgIpc) is 2.07. The van der Waals surface area contributed by atoms with Gasteiger partial charge in [-0.15, -0.1) is 0 Å². The molecular weight excluding hydrogens is 202 g/mol. The first-order valence-corrected chi connectivity index (χ1v) is 9.20. The topological polar surface area (TPSA) is 33.0 Å². The van der Waals surface area contributed by atoms with Crippen molar-refractivity contribution in [3.63, 3.8) is 0 Å². The molecule has 0 N–H and O–H groups in total. The molecule has 0 saturated heterocycles. The normalized spacial score (nSPS) is 24.5. The molecule has 3 heteroatoms. The second kappa shape index (κ2) is 3.91. The summed E-state index contributed by atoms with van der Waals surface area (Å²) in [5, 5.41) is 9.32. The molecule has 1 fully saturated rings. The Labute approximate surface area is 94.8 Å². The van der Waals surface area contributed by atoms with Crippen LogP contribution in [0.2, 0.25) is 19.6 Å². The molecule has 1 rings (SSSR count). The summed E-state index contributed by atoms with van der Waals surface area (Å²) in [5.41, 5.74) is -0.0802. The van der Waals surface area contributed by atoms with E-state index in [0.29, 0.717) is 5.41 Å². The van der Waals surface area contributed by atoms with Crippen molar-refractivity contribution >= 4 is 8.32 Å². The summed E-state index contributed by atoms with van der Waals surface area (Å²) in [6, 6.07) is 2.42. The summed E-state index contributed by atoms with van der Waals surface area (Å²) in [6.07, 6.45) is 4.01. The smallest absolute Gasteiger partial charge is 0.185 e. The Kier molecular flexibility index (Phi) is 3.32. The highest BCUT2D eigenvalue weighted by Gasteiger charge is 2.41. The van der Waals surface area contributed by atoms with E-state index in [1.807, 2.05) is 0 Å². The zero-order valence-corrected chi connectivity index (χ0v) is 11.7. The van der Waals surface area contributed by atoms with E-state index in [9.17, 15) is 5.26 Å². The first-order valence-electron chi connectivity index (χ1n) is 5.80. The fourth-order valence-corrected chi connectivity index (χ4v) is 3.58. The van der Waals surface area contributed by atoms with Crippen molar-refractivity contribution in [2.75, 3.05) is 0 Å². The van der Waals surface area contributed by atoms with Crippen molar-refractivity contribution in [3.8, 4) is 6.07 Å². The molecule has 15 heavy (non-hydrogen) atoms. The largest absolute Gasteiger partial charge is 0.400 e. The predicted molar refractivity (Wildman–Crippen MR) is 65.0 cm³/mol. The molecule has 0 radical (unpaired) electrons. The lowest BCUT2D eigenvalue weighted by Gasteiger charge is -2.42. The third-order valence-corrected chi connectivity index (χ3v) is 4.12. The predicted octanol–water partition coefficient (Wildman–Crippen LogP) is 3.70. The van der Waals surface area contributed by atoms with Gasteiger partial charge < -0.3 is 4.43 Å². The highest BCUT2D eigenvalue weighted by molar-refractivity contribution is 6.69. The number of hydrogen-bond acceptors (Lipinski definition) is 2. The van der Waals surface area contributed by atoms with Crippen molar-refractivity contribution in [1.29, 1.82) is 5.26 Å². The maximum atomic E-state index is 9.32. The summed E-state index contributed by atoms with van der Waals surface area (Å²) < 4.78 is 6.09. The van der Waals surface area contributed by atoms with Gasteiger partial charge in [-0.25, -0.2) is 0 Å². The third-order valence-electron chi connectivity index (χ3n) is 3.12. The molecule has 0 atom stereocenters. The van der Waals surface area contributed by atoms with Gasteiger partial charge in [0.05, 0.1) is 6.07 Å². The summed E-state index contributed by atoms with van der Waals surface area (Å²) in [4.78, 5) is 0. The summed E-state index contributed by atoms with van der Waals surface area (Å²) in [5.74, 6) is 0. The van der Waals surface area contributed by atoms with Crippen LogP contribution in [0.4, 0.5) is 0 Å². The fraction of sp³-hybridized carbons (Fsp3) is 0.917. The van der Waals surface area contributed by atoms with Crippen LogP contribution in [0.3, 0.4) is 0 Å². The number of rotatable bonds is 2. The first-order chi connectivity index (χ1) is 6.68. The van der Waals surface area contributed by atoms with E-state index in [1.54, 1.807) is 0 Å². The lowest BCUT2D eigenvalue weighted by atomic mass is 9.71. The minimum absolute atomic E-state index is 0.392. The Balaban J connectivity index is 2.70. The van der Waals surface area contributed by atoms with E-state index in [-0.39, 0.29) is 0 Å². The van der Waals surface area contributed by atoms with Crippen molar-refractivity contribution < 1.29 is 4.43 Å². The molecule has 1 aliphatic rings. The van der Waals surface area contributed by atoms with Gasteiger partial charge in [0, 0.05) is 0 Å². The summed E-state index contributed by atoms with van der Waals surface area (Å²) >= 11 is 0. The Hall–Kier alpha value is -0.333. The lowest BCUT2D eigenvalue weighted by molar-refractivity contribution is 0.0366. The van der Waals surface area contributed by atoms with E-state index in [0.717, 1.165) is 25.7 Å². The molecule has 0 heterocycles. The average molecular weight is 225 g/mol. The third kappa shape index (κ3) is 3.62. The monoisotopic (exact) mass is 225 g/mol.